The van der Waals surface area contributed by atoms with Crippen molar-refractivity contribution in [3.8, 4) is 5.75 Å². The highest BCUT2D eigenvalue weighted by Gasteiger charge is 2.16. The van der Waals surface area contributed by atoms with Crippen LogP contribution < -0.4 is 4.74 Å². The van der Waals surface area contributed by atoms with Crippen molar-refractivity contribution in [2.45, 2.75) is 18.9 Å². The van der Waals surface area contributed by atoms with Gasteiger partial charge in [0, 0.05) is 18.2 Å². The summed E-state index contributed by atoms with van der Waals surface area (Å²) in [5.74, 6) is -1.07. The lowest BCUT2D eigenvalue weighted by atomic mass is 10.1. The molecule has 2 rings (SSSR count). The highest BCUT2D eigenvalue weighted by Crippen LogP contribution is 2.23. The maximum atomic E-state index is 13.2. The maximum absolute atomic E-state index is 13.2. The van der Waals surface area contributed by atoms with Gasteiger partial charge in [0.25, 0.3) is 0 Å². The third-order valence-corrected chi connectivity index (χ3v) is 2.83. The van der Waals surface area contributed by atoms with Gasteiger partial charge in [0.15, 0.2) is 0 Å². The van der Waals surface area contributed by atoms with E-state index in [2.05, 4.69) is 0 Å². The van der Waals surface area contributed by atoms with Crippen LogP contribution in [0.3, 0.4) is 0 Å². The topological polar surface area (TPSA) is 55.8 Å². The van der Waals surface area contributed by atoms with E-state index in [1.807, 2.05) is 0 Å². The average Bonchev–Trinajstić information content (AvgIpc) is 2.88. The normalized spacial score (nSPS) is 18.9. The minimum atomic E-state index is -1.09. The second-order valence-corrected chi connectivity index (χ2v) is 4.30. The van der Waals surface area contributed by atoms with Gasteiger partial charge in [-0.25, -0.2) is 9.18 Å². The second-order valence-electron chi connectivity index (χ2n) is 4.30. The van der Waals surface area contributed by atoms with Crippen LogP contribution in [0, 0.1) is 5.82 Å². The molecule has 19 heavy (non-hydrogen) atoms. The molecule has 1 heterocycles. The van der Waals surface area contributed by atoms with Crippen molar-refractivity contribution in [1.82, 2.24) is 0 Å². The molecule has 0 radical (unpaired) electrons. The molecule has 5 heteroatoms. The van der Waals surface area contributed by atoms with Gasteiger partial charge in [-0.1, -0.05) is 0 Å². The molecule has 0 bridgehead atoms. The summed E-state index contributed by atoms with van der Waals surface area (Å²) in [5, 5.41) is 8.60. The average molecular weight is 266 g/mol. The molecule has 4 nitrogen and oxygen atoms in total. The van der Waals surface area contributed by atoms with Crippen LogP contribution in [0.4, 0.5) is 4.39 Å². The highest BCUT2D eigenvalue weighted by atomic mass is 19.1. The molecular weight excluding hydrogens is 251 g/mol. The van der Waals surface area contributed by atoms with Crippen LogP contribution in [0.5, 0.6) is 5.75 Å². The second kappa shape index (κ2) is 6.33. The first-order valence-electron chi connectivity index (χ1n) is 6.10. The Kier molecular flexibility index (Phi) is 4.52. The fraction of sp³-hybridized carbons (Fsp3) is 0.357. The molecule has 1 unspecified atom stereocenters. The van der Waals surface area contributed by atoms with Crippen molar-refractivity contribution in [3.05, 3.63) is 35.7 Å². The van der Waals surface area contributed by atoms with Crippen molar-refractivity contribution in [2.75, 3.05) is 13.2 Å². The lowest BCUT2D eigenvalue weighted by Gasteiger charge is -2.13. The summed E-state index contributed by atoms with van der Waals surface area (Å²) in [6.45, 7) is 1.13. The van der Waals surface area contributed by atoms with E-state index < -0.39 is 11.8 Å². The number of carbonyl (C=O) groups is 1. The summed E-state index contributed by atoms with van der Waals surface area (Å²) in [5.41, 5.74) is 0.403. The van der Waals surface area contributed by atoms with Crippen molar-refractivity contribution in [1.29, 1.82) is 0 Å². The van der Waals surface area contributed by atoms with E-state index in [0.717, 1.165) is 25.5 Å². The van der Waals surface area contributed by atoms with Gasteiger partial charge < -0.3 is 14.6 Å². The molecule has 1 aromatic rings. The van der Waals surface area contributed by atoms with Crippen LogP contribution in [-0.2, 0) is 9.53 Å². The molecule has 0 saturated carbocycles. The third kappa shape index (κ3) is 4.06. The van der Waals surface area contributed by atoms with E-state index in [9.17, 15) is 9.18 Å². The minimum absolute atomic E-state index is 0.0568. The predicted octanol–water partition coefficient (Wildman–Crippen LogP) is 2.48. The number of aliphatic carboxylic acids is 1. The van der Waals surface area contributed by atoms with Gasteiger partial charge in [-0.05, 0) is 37.1 Å². The van der Waals surface area contributed by atoms with Crippen LogP contribution >= 0.6 is 0 Å². The lowest BCUT2D eigenvalue weighted by molar-refractivity contribution is -0.131. The SMILES string of the molecule is O=C(O)/C=C/c1cc(F)ccc1OCC1CCCO1. The van der Waals surface area contributed by atoms with Gasteiger partial charge in [0.1, 0.15) is 18.2 Å². The Labute approximate surface area is 110 Å². The van der Waals surface area contributed by atoms with Crippen LogP contribution in [-0.4, -0.2) is 30.4 Å². The largest absolute Gasteiger partial charge is 0.490 e. The molecule has 1 aliphatic rings. The Morgan fingerprint density at radius 3 is 3.11 bits per heavy atom. The van der Waals surface area contributed by atoms with Crippen molar-refractivity contribution >= 4 is 12.0 Å². The minimum Gasteiger partial charge on any atom is -0.490 e. The zero-order valence-electron chi connectivity index (χ0n) is 10.3. The molecule has 1 saturated heterocycles. The molecule has 1 fully saturated rings. The van der Waals surface area contributed by atoms with E-state index >= 15 is 0 Å². The van der Waals surface area contributed by atoms with E-state index in [1.54, 1.807) is 0 Å². The first-order valence-corrected chi connectivity index (χ1v) is 6.10. The van der Waals surface area contributed by atoms with Gasteiger partial charge in [-0.15, -0.1) is 0 Å². The molecule has 0 aromatic heterocycles. The van der Waals surface area contributed by atoms with Crippen LogP contribution in [0.1, 0.15) is 18.4 Å². The lowest BCUT2D eigenvalue weighted by Crippen LogP contribution is -2.16. The standard InChI is InChI=1S/C14H15FO4/c15-11-4-5-13(10(8-11)3-6-14(16)17)19-9-12-2-1-7-18-12/h3-6,8,12H,1-2,7,9H2,(H,16,17)/b6-3+. The molecule has 1 aliphatic heterocycles. The molecular formula is C14H15FO4. The number of halogens is 1. The molecule has 0 spiro atoms. The van der Waals surface area contributed by atoms with Crippen LogP contribution in [0.15, 0.2) is 24.3 Å². The molecule has 1 N–H and O–H groups in total. The predicted molar refractivity (Wildman–Crippen MR) is 67.5 cm³/mol. The number of benzene rings is 1. The van der Waals surface area contributed by atoms with Gasteiger partial charge in [-0.2, -0.15) is 0 Å². The summed E-state index contributed by atoms with van der Waals surface area (Å²) in [6.07, 6.45) is 4.29. The first kappa shape index (κ1) is 13.5. The van der Waals surface area contributed by atoms with Gasteiger partial charge in [-0.3, -0.25) is 0 Å². The summed E-state index contributed by atoms with van der Waals surface area (Å²) < 4.78 is 24.1. The number of rotatable bonds is 5. The zero-order valence-corrected chi connectivity index (χ0v) is 10.3. The summed E-state index contributed by atoms with van der Waals surface area (Å²) >= 11 is 0. The van der Waals surface area contributed by atoms with E-state index in [0.29, 0.717) is 17.9 Å². The molecule has 0 amide bonds. The van der Waals surface area contributed by atoms with Crippen molar-refractivity contribution < 1.29 is 23.8 Å². The number of ether oxygens (including phenoxy) is 2. The Balaban J connectivity index is 2.07. The Morgan fingerprint density at radius 2 is 2.42 bits per heavy atom. The molecule has 0 aliphatic carbocycles. The maximum Gasteiger partial charge on any atom is 0.328 e. The fourth-order valence-corrected chi connectivity index (χ4v) is 1.90. The Bertz CT molecular complexity index is 478. The summed E-state index contributed by atoms with van der Waals surface area (Å²) in [4.78, 5) is 10.5. The van der Waals surface area contributed by atoms with Gasteiger partial charge in [0.2, 0.25) is 0 Å². The van der Waals surface area contributed by atoms with E-state index in [4.69, 9.17) is 14.6 Å². The van der Waals surface area contributed by atoms with Gasteiger partial charge >= 0.3 is 5.97 Å². The monoisotopic (exact) mass is 266 g/mol. The van der Waals surface area contributed by atoms with Crippen molar-refractivity contribution in [3.63, 3.8) is 0 Å². The summed E-state index contributed by atoms with van der Waals surface area (Å²) in [7, 11) is 0. The Morgan fingerprint density at radius 1 is 1.58 bits per heavy atom. The summed E-state index contributed by atoms with van der Waals surface area (Å²) in [6, 6.07) is 4.01. The first-order chi connectivity index (χ1) is 9.15. The van der Waals surface area contributed by atoms with E-state index in [-0.39, 0.29) is 6.10 Å². The number of carboxylic acid groups (broad SMARTS) is 1. The number of carboxylic acids is 1. The molecule has 1 atom stereocenters. The smallest absolute Gasteiger partial charge is 0.328 e. The van der Waals surface area contributed by atoms with Crippen LogP contribution in [0.2, 0.25) is 0 Å². The number of hydrogen-bond donors (Lipinski definition) is 1. The highest BCUT2D eigenvalue weighted by molar-refractivity contribution is 5.85. The molecule has 1 aromatic carbocycles. The molecule has 102 valence electrons. The third-order valence-electron chi connectivity index (χ3n) is 2.83. The number of hydrogen-bond acceptors (Lipinski definition) is 3. The Hall–Kier alpha value is -1.88. The van der Waals surface area contributed by atoms with Crippen molar-refractivity contribution in [2.24, 2.45) is 0 Å². The fourth-order valence-electron chi connectivity index (χ4n) is 1.90. The van der Waals surface area contributed by atoms with Crippen LogP contribution in [0.25, 0.3) is 6.08 Å². The van der Waals surface area contributed by atoms with E-state index in [1.165, 1.54) is 24.3 Å². The van der Waals surface area contributed by atoms with Gasteiger partial charge in [0.05, 0.1) is 6.10 Å². The zero-order chi connectivity index (χ0) is 13.7. The quantitative estimate of drug-likeness (QED) is 0.832.